The first kappa shape index (κ1) is 9.71. The number of aromatic nitrogens is 3. The number of anilines is 1. The minimum absolute atomic E-state index is 0.742. The van der Waals surface area contributed by atoms with Gasteiger partial charge in [-0.1, -0.05) is 0 Å². The lowest BCUT2D eigenvalue weighted by Crippen LogP contribution is -2.00. The van der Waals surface area contributed by atoms with Crippen molar-refractivity contribution in [1.82, 2.24) is 15.0 Å². The third kappa shape index (κ3) is 2.56. The van der Waals surface area contributed by atoms with E-state index in [0.717, 1.165) is 29.4 Å². The van der Waals surface area contributed by atoms with Crippen LogP contribution < -0.4 is 5.32 Å². The molecule has 0 amide bonds. The Labute approximate surface area is 88.8 Å². The molecule has 2 aromatic heterocycles. The average molecular weight is 202 g/mol. The fourth-order valence-corrected chi connectivity index (χ4v) is 1.33. The number of pyridine rings is 1. The van der Waals surface area contributed by atoms with Crippen molar-refractivity contribution in [3.8, 4) is 0 Å². The zero-order chi connectivity index (χ0) is 10.7. The Morgan fingerprint density at radius 3 is 2.67 bits per heavy atom. The van der Waals surface area contributed by atoms with E-state index in [-0.39, 0.29) is 0 Å². The average Bonchev–Trinajstić information content (AvgIpc) is 2.64. The largest absolute Gasteiger partial charge is 0.378 e. The Hall–Kier alpha value is -1.84. The van der Waals surface area contributed by atoms with Crippen LogP contribution >= 0.6 is 0 Å². The number of hydrogen-bond acceptors (Lipinski definition) is 3. The topological polar surface area (TPSA) is 53.6 Å². The van der Waals surface area contributed by atoms with Gasteiger partial charge in [0.2, 0.25) is 0 Å². The number of aromatic amines is 1. The molecular weight excluding hydrogens is 188 g/mol. The molecule has 0 unspecified atom stereocenters. The minimum Gasteiger partial charge on any atom is -0.378 e. The summed E-state index contributed by atoms with van der Waals surface area (Å²) in [5.41, 5.74) is 3.12. The van der Waals surface area contributed by atoms with Gasteiger partial charge in [-0.05, 0) is 26.0 Å². The molecule has 0 bridgehead atoms. The van der Waals surface area contributed by atoms with Gasteiger partial charge in [-0.2, -0.15) is 0 Å². The number of aryl methyl sites for hydroxylation is 2. The molecule has 0 aromatic carbocycles. The summed E-state index contributed by atoms with van der Waals surface area (Å²) >= 11 is 0. The van der Waals surface area contributed by atoms with Crippen LogP contribution in [0.15, 0.2) is 24.5 Å². The molecule has 2 rings (SSSR count). The number of hydrogen-bond donors (Lipinski definition) is 2. The predicted molar refractivity (Wildman–Crippen MR) is 59.6 cm³/mol. The zero-order valence-corrected chi connectivity index (χ0v) is 8.91. The minimum atomic E-state index is 0.742. The van der Waals surface area contributed by atoms with E-state index in [2.05, 4.69) is 20.3 Å². The second kappa shape index (κ2) is 4.13. The third-order valence-corrected chi connectivity index (χ3v) is 2.15. The standard InChI is InChI=1S/C11H14N4/c1-8-3-4-10(5-12-8)14-7-11-6-13-9(2)15-11/h3-6,14H,7H2,1-2H3,(H,13,15). The Morgan fingerprint density at radius 2 is 2.07 bits per heavy atom. The SMILES string of the molecule is Cc1ccc(NCc2cnc(C)[nH]2)cn1. The summed E-state index contributed by atoms with van der Waals surface area (Å²) in [5.74, 6) is 0.939. The van der Waals surface area contributed by atoms with Gasteiger partial charge in [-0.15, -0.1) is 0 Å². The summed E-state index contributed by atoms with van der Waals surface area (Å²) in [7, 11) is 0. The molecule has 4 nitrogen and oxygen atoms in total. The molecular formula is C11H14N4. The molecule has 0 aliphatic carbocycles. The molecule has 0 atom stereocenters. The van der Waals surface area contributed by atoms with Gasteiger partial charge in [0.15, 0.2) is 0 Å². The molecule has 2 heterocycles. The van der Waals surface area contributed by atoms with E-state index >= 15 is 0 Å². The number of nitrogens with one attached hydrogen (secondary N) is 2. The normalized spacial score (nSPS) is 10.3. The van der Waals surface area contributed by atoms with E-state index in [1.165, 1.54) is 0 Å². The molecule has 0 radical (unpaired) electrons. The Morgan fingerprint density at radius 1 is 1.20 bits per heavy atom. The summed E-state index contributed by atoms with van der Waals surface area (Å²) in [6.07, 6.45) is 3.67. The zero-order valence-electron chi connectivity index (χ0n) is 8.91. The van der Waals surface area contributed by atoms with Crippen LogP contribution in [0.2, 0.25) is 0 Å². The van der Waals surface area contributed by atoms with E-state index in [4.69, 9.17) is 0 Å². The molecule has 15 heavy (non-hydrogen) atoms. The van der Waals surface area contributed by atoms with E-state index < -0.39 is 0 Å². The molecule has 4 heteroatoms. The van der Waals surface area contributed by atoms with Gasteiger partial charge in [-0.25, -0.2) is 4.98 Å². The monoisotopic (exact) mass is 202 g/mol. The maximum Gasteiger partial charge on any atom is 0.103 e. The molecule has 0 fully saturated rings. The van der Waals surface area contributed by atoms with Gasteiger partial charge in [0.05, 0.1) is 30.3 Å². The maximum absolute atomic E-state index is 4.21. The second-order valence-corrected chi connectivity index (χ2v) is 3.54. The van der Waals surface area contributed by atoms with Crippen molar-refractivity contribution in [3.63, 3.8) is 0 Å². The first-order valence-corrected chi connectivity index (χ1v) is 4.91. The Bertz CT molecular complexity index is 430. The van der Waals surface area contributed by atoms with Gasteiger partial charge in [0, 0.05) is 5.69 Å². The Kier molecular flexibility index (Phi) is 2.67. The molecule has 2 N–H and O–H groups in total. The van der Waals surface area contributed by atoms with Crippen LogP contribution in [0.1, 0.15) is 17.2 Å². The number of rotatable bonds is 3. The molecule has 0 saturated heterocycles. The smallest absolute Gasteiger partial charge is 0.103 e. The van der Waals surface area contributed by atoms with Crippen LogP contribution in [0.4, 0.5) is 5.69 Å². The van der Waals surface area contributed by atoms with Gasteiger partial charge in [0.25, 0.3) is 0 Å². The summed E-state index contributed by atoms with van der Waals surface area (Å²) < 4.78 is 0. The van der Waals surface area contributed by atoms with Crippen LogP contribution in [-0.2, 0) is 6.54 Å². The fourth-order valence-electron chi connectivity index (χ4n) is 1.33. The number of imidazole rings is 1. The van der Waals surface area contributed by atoms with Crippen molar-refractivity contribution in [2.75, 3.05) is 5.32 Å². The van der Waals surface area contributed by atoms with E-state index in [1.54, 1.807) is 0 Å². The quantitative estimate of drug-likeness (QED) is 0.800. The highest BCUT2D eigenvalue weighted by molar-refractivity contribution is 5.41. The van der Waals surface area contributed by atoms with Crippen molar-refractivity contribution >= 4 is 5.69 Å². The van der Waals surface area contributed by atoms with Crippen molar-refractivity contribution < 1.29 is 0 Å². The maximum atomic E-state index is 4.21. The molecule has 2 aromatic rings. The summed E-state index contributed by atoms with van der Waals surface area (Å²) in [5, 5.41) is 3.27. The van der Waals surface area contributed by atoms with Crippen LogP contribution in [0.25, 0.3) is 0 Å². The third-order valence-electron chi connectivity index (χ3n) is 2.15. The molecule has 0 aliphatic heterocycles. The fraction of sp³-hybridized carbons (Fsp3) is 0.273. The molecule has 0 aliphatic rings. The van der Waals surface area contributed by atoms with Gasteiger partial charge in [-0.3, -0.25) is 4.98 Å². The Balaban J connectivity index is 1.96. The van der Waals surface area contributed by atoms with Crippen LogP contribution in [0.5, 0.6) is 0 Å². The van der Waals surface area contributed by atoms with E-state index in [9.17, 15) is 0 Å². The van der Waals surface area contributed by atoms with Crippen LogP contribution in [-0.4, -0.2) is 15.0 Å². The summed E-state index contributed by atoms with van der Waals surface area (Å²) in [6, 6.07) is 4.01. The first-order valence-electron chi connectivity index (χ1n) is 4.91. The van der Waals surface area contributed by atoms with Gasteiger partial charge >= 0.3 is 0 Å². The van der Waals surface area contributed by atoms with Gasteiger partial charge < -0.3 is 10.3 Å². The molecule has 78 valence electrons. The highest BCUT2D eigenvalue weighted by atomic mass is 15.0. The van der Waals surface area contributed by atoms with Gasteiger partial charge in [0.1, 0.15) is 5.82 Å². The van der Waals surface area contributed by atoms with Crippen LogP contribution in [0, 0.1) is 13.8 Å². The van der Waals surface area contributed by atoms with Crippen molar-refractivity contribution in [1.29, 1.82) is 0 Å². The number of H-pyrrole nitrogens is 1. The van der Waals surface area contributed by atoms with Crippen molar-refractivity contribution in [3.05, 3.63) is 41.7 Å². The van der Waals surface area contributed by atoms with Crippen molar-refractivity contribution in [2.24, 2.45) is 0 Å². The lowest BCUT2D eigenvalue weighted by atomic mass is 10.3. The summed E-state index contributed by atoms with van der Waals surface area (Å²) in [6.45, 7) is 4.66. The van der Waals surface area contributed by atoms with Crippen molar-refractivity contribution in [2.45, 2.75) is 20.4 Å². The second-order valence-electron chi connectivity index (χ2n) is 3.54. The first-order chi connectivity index (χ1) is 7.24. The predicted octanol–water partition coefficient (Wildman–Crippen LogP) is 2.03. The number of nitrogens with zero attached hydrogens (tertiary/aromatic N) is 2. The van der Waals surface area contributed by atoms with Crippen LogP contribution in [0.3, 0.4) is 0 Å². The van der Waals surface area contributed by atoms with E-state index in [1.807, 2.05) is 38.4 Å². The molecule has 0 saturated carbocycles. The van der Waals surface area contributed by atoms with E-state index in [0.29, 0.717) is 0 Å². The lowest BCUT2D eigenvalue weighted by molar-refractivity contribution is 1.04. The highest BCUT2D eigenvalue weighted by Crippen LogP contribution is 2.07. The molecule has 0 spiro atoms. The summed E-state index contributed by atoms with van der Waals surface area (Å²) in [4.78, 5) is 11.5. The lowest BCUT2D eigenvalue weighted by Gasteiger charge is -2.03. The highest BCUT2D eigenvalue weighted by Gasteiger charge is 1.96.